The molecule has 31 heavy (non-hydrogen) atoms. The summed E-state index contributed by atoms with van der Waals surface area (Å²) in [6.45, 7) is 3.89. The third-order valence-corrected chi connectivity index (χ3v) is 6.33. The molecule has 0 aromatic heterocycles. The van der Waals surface area contributed by atoms with E-state index in [0.717, 1.165) is 16.0 Å². The quantitative estimate of drug-likeness (QED) is 0.445. The normalized spacial score (nSPS) is 13.9. The predicted octanol–water partition coefficient (Wildman–Crippen LogP) is 6.04. The first-order valence-electron chi connectivity index (χ1n) is 9.67. The largest absolute Gasteiger partial charge is 0.495 e. The number of halogens is 1. The first-order valence-corrected chi connectivity index (χ1v) is 10.9. The average molecular weight is 450 g/mol. The van der Waals surface area contributed by atoms with Gasteiger partial charge in [-0.15, -0.1) is 0 Å². The zero-order valence-corrected chi connectivity index (χ0v) is 18.9. The molecule has 1 aliphatic rings. The first kappa shape index (κ1) is 21.2. The Morgan fingerprint density at radius 1 is 0.839 bits per heavy atom. The molecule has 6 heteroatoms. The molecule has 3 aromatic rings. The van der Waals surface area contributed by atoms with E-state index in [1.807, 2.05) is 56.3 Å². The molecule has 0 saturated carbocycles. The summed E-state index contributed by atoms with van der Waals surface area (Å²) in [4.78, 5) is 29.6. The van der Waals surface area contributed by atoms with E-state index in [2.05, 4.69) is 0 Å². The van der Waals surface area contributed by atoms with Crippen molar-refractivity contribution < 1.29 is 14.3 Å². The molecule has 0 bridgehead atoms. The van der Waals surface area contributed by atoms with Crippen LogP contribution in [0.2, 0.25) is 5.02 Å². The number of ether oxygens (including phenoxy) is 1. The fraction of sp³-hybridized carbons (Fsp3) is 0.120. The van der Waals surface area contributed by atoms with Gasteiger partial charge < -0.3 is 4.74 Å². The van der Waals surface area contributed by atoms with Gasteiger partial charge in [0.05, 0.1) is 23.3 Å². The summed E-state index contributed by atoms with van der Waals surface area (Å²) >= 11 is 7.27. The molecule has 0 unspecified atom stereocenters. The number of benzene rings is 3. The van der Waals surface area contributed by atoms with E-state index in [-0.39, 0.29) is 11.8 Å². The van der Waals surface area contributed by atoms with E-state index in [4.69, 9.17) is 16.3 Å². The van der Waals surface area contributed by atoms with Crippen LogP contribution >= 0.6 is 23.4 Å². The number of methoxy groups -OCH3 is 1. The van der Waals surface area contributed by atoms with Crippen molar-refractivity contribution in [1.29, 1.82) is 0 Å². The van der Waals surface area contributed by atoms with Crippen LogP contribution < -0.4 is 9.64 Å². The summed E-state index contributed by atoms with van der Waals surface area (Å²) < 4.78 is 5.45. The van der Waals surface area contributed by atoms with Crippen molar-refractivity contribution in [2.24, 2.45) is 0 Å². The van der Waals surface area contributed by atoms with Gasteiger partial charge in [0.2, 0.25) is 0 Å². The number of amides is 2. The van der Waals surface area contributed by atoms with E-state index < -0.39 is 0 Å². The highest BCUT2D eigenvalue weighted by Gasteiger charge is 2.41. The highest BCUT2D eigenvalue weighted by Crippen LogP contribution is 2.43. The van der Waals surface area contributed by atoms with Crippen molar-refractivity contribution in [3.8, 4) is 5.75 Å². The monoisotopic (exact) mass is 449 g/mol. The van der Waals surface area contributed by atoms with Crippen LogP contribution in [0.15, 0.2) is 76.5 Å². The summed E-state index contributed by atoms with van der Waals surface area (Å²) in [5.74, 6) is -0.271. The van der Waals surface area contributed by atoms with Crippen molar-refractivity contribution >= 4 is 46.4 Å². The molecule has 156 valence electrons. The maximum atomic E-state index is 13.6. The molecule has 2 amide bonds. The molecule has 0 aliphatic carbocycles. The lowest BCUT2D eigenvalue weighted by molar-refractivity contribution is -0.119. The van der Waals surface area contributed by atoms with Gasteiger partial charge >= 0.3 is 0 Å². The van der Waals surface area contributed by atoms with Gasteiger partial charge in [0.25, 0.3) is 11.8 Å². The second-order valence-corrected chi connectivity index (χ2v) is 8.77. The van der Waals surface area contributed by atoms with Crippen LogP contribution in [0.3, 0.4) is 0 Å². The van der Waals surface area contributed by atoms with Gasteiger partial charge in [-0.05, 0) is 61.4 Å². The second kappa shape index (κ2) is 8.61. The molecule has 0 atom stereocenters. The zero-order valence-electron chi connectivity index (χ0n) is 17.3. The fourth-order valence-corrected chi connectivity index (χ4v) is 4.51. The Morgan fingerprint density at radius 2 is 1.48 bits per heavy atom. The Bertz CT molecular complexity index is 1200. The maximum absolute atomic E-state index is 13.6. The number of thioether (sulfide) groups is 1. The number of rotatable bonds is 5. The van der Waals surface area contributed by atoms with Crippen LogP contribution in [0.5, 0.6) is 5.75 Å². The summed E-state index contributed by atoms with van der Waals surface area (Å²) in [5, 5.41) is 0.608. The molecule has 0 spiro atoms. The van der Waals surface area contributed by atoms with Gasteiger partial charge in [-0.3, -0.25) is 9.59 Å². The lowest BCUT2D eigenvalue weighted by Gasteiger charge is -2.19. The van der Waals surface area contributed by atoms with Crippen molar-refractivity contribution in [2.45, 2.75) is 18.7 Å². The minimum Gasteiger partial charge on any atom is -0.495 e. The number of aryl methyl sites for hydroxylation is 2. The lowest BCUT2D eigenvalue weighted by Crippen LogP contribution is -2.31. The standard InChI is InChI=1S/C25H20ClNO3S/c1-15-4-7-17(8-5-15)22-23(31-19-11-9-18(26)10-12-19)25(29)27(24(22)28)20-14-16(2)6-13-21(20)30-3/h4-14H,1-3H3. The zero-order chi connectivity index (χ0) is 22.1. The molecule has 0 N–H and O–H groups in total. The number of nitrogens with zero attached hydrogens (tertiary/aromatic N) is 1. The van der Waals surface area contributed by atoms with Gasteiger partial charge in [-0.25, -0.2) is 4.90 Å². The molecule has 0 fully saturated rings. The van der Waals surface area contributed by atoms with Crippen molar-refractivity contribution in [2.75, 3.05) is 12.0 Å². The molecular formula is C25H20ClNO3S. The Kier molecular flexibility index (Phi) is 5.90. The number of carbonyl (C=O) groups excluding carboxylic acids is 2. The van der Waals surface area contributed by atoms with Crippen molar-refractivity contribution in [1.82, 2.24) is 0 Å². The number of hydrogen-bond acceptors (Lipinski definition) is 4. The van der Waals surface area contributed by atoms with Crippen molar-refractivity contribution in [3.05, 3.63) is 93.3 Å². The fourth-order valence-electron chi connectivity index (χ4n) is 3.39. The number of hydrogen-bond donors (Lipinski definition) is 0. The average Bonchev–Trinajstić information content (AvgIpc) is 3.00. The topological polar surface area (TPSA) is 46.6 Å². The summed E-state index contributed by atoms with van der Waals surface area (Å²) in [7, 11) is 1.52. The summed E-state index contributed by atoms with van der Waals surface area (Å²) in [6.07, 6.45) is 0. The maximum Gasteiger partial charge on any atom is 0.273 e. The lowest BCUT2D eigenvalue weighted by atomic mass is 10.0. The van der Waals surface area contributed by atoms with Crippen LogP contribution in [0.1, 0.15) is 16.7 Å². The third kappa shape index (κ3) is 4.11. The smallest absolute Gasteiger partial charge is 0.273 e. The first-order chi connectivity index (χ1) is 14.9. The van der Waals surface area contributed by atoms with Crippen LogP contribution in [-0.4, -0.2) is 18.9 Å². The Labute approximate surface area is 190 Å². The molecule has 0 radical (unpaired) electrons. The minimum atomic E-state index is -0.371. The van der Waals surface area contributed by atoms with Gasteiger partial charge in [0.1, 0.15) is 5.75 Å². The Hall–Kier alpha value is -3.02. The molecule has 1 aliphatic heterocycles. The van der Waals surface area contributed by atoms with Gasteiger partial charge in [0.15, 0.2) is 0 Å². The Morgan fingerprint density at radius 3 is 2.13 bits per heavy atom. The van der Waals surface area contributed by atoms with Crippen LogP contribution in [0, 0.1) is 13.8 Å². The minimum absolute atomic E-state index is 0.366. The van der Waals surface area contributed by atoms with E-state index >= 15 is 0 Å². The van der Waals surface area contributed by atoms with Crippen LogP contribution in [-0.2, 0) is 9.59 Å². The van der Waals surface area contributed by atoms with Crippen molar-refractivity contribution in [3.63, 3.8) is 0 Å². The van der Waals surface area contributed by atoms with E-state index in [0.29, 0.717) is 32.5 Å². The van der Waals surface area contributed by atoms with Crippen LogP contribution in [0.25, 0.3) is 5.57 Å². The van der Waals surface area contributed by atoms with E-state index in [1.54, 1.807) is 24.3 Å². The molecule has 4 nitrogen and oxygen atoms in total. The van der Waals surface area contributed by atoms with E-state index in [9.17, 15) is 9.59 Å². The highest BCUT2D eigenvalue weighted by molar-refractivity contribution is 8.04. The molecule has 4 rings (SSSR count). The Balaban J connectivity index is 1.85. The highest BCUT2D eigenvalue weighted by atomic mass is 35.5. The second-order valence-electron chi connectivity index (χ2n) is 7.25. The number of anilines is 1. The predicted molar refractivity (Wildman–Crippen MR) is 126 cm³/mol. The van der Waals surface area contributed by atoms with Gasteiger partial charge in [-0.1, -0.05) is 59.3 Å². The van der Waals surface area contributed by atoms with Gasteiger partial charge in [0, 0.05) is 9.92 Å². The van der Waals surface area contributed by atoms with Gasteiger partial charge in [-0.2, -0.15) is 0 Å². The van der Waals surface area contributed by atoms with Crippen LogP contribution in [0.4, 0.5) is 5.69 Å². The molecule has 3 aromatic carbocycles. The molecule has 1 heterocycles. The molecular weight excluding hydrogens is 430 g/mol. The summed E-state index contributed by atoms with van der Waals surface area (Å²) in [6, 6.07) is 20.2. The number of carbonyl (C=O) groups is 2. The molecule has 0 saturated heterocycles. The third-order valence-electron chi connectivity index (χ3n) is 4.99. The summed E-state index contributed by atoms with van der Waals surface area (Å²) in [5.41, 5.74) is 3.52. The van der Waals surface area contributed by atoms with E-state index in [1.165, 1.54) is 23.8 Å². The SMILES string of the molecule is COc1ccc(C)cc1N1C(=O)C(Sc2ccc(Cl)cc2)=C(c2ccc(C)cc2)C1=O. The number of imide groups is 1.